The maximum atomic E-state index is 5.68. The highest BCUT2D eigenvalue weighted by Gasteiger charge is 2.51. The quantitative estimate of drug-likeness (QED) is 0.640. The highest BCUT2D eigenvalue weighted by molar-refractivity contribution is 7.99. The molecule has 2 heteroatoms. The molecule has 0 spiro atoms. The van der Waals surface area contributed by atoms with Gasteiger partial charge >= 0.3 is 0 Å². The summed E-state index contributed by atoms with van der Waals surface area (Å²) in [5, 5.41) is 0. The molecule has 1 fully saturated rings. The first-order chi connectivity index (χ1) is 11.9. The van der Waals surface area contributed by atoms with E-state index >= 15 is 0 Å². The second-order valence-corrected chi connectivity index (χ2v) is 10.4. The first kappa shape index (κ1) is 19.3. The first-order valence-electron chi connectivity index (χ1n) is 10.3. The van der Waals surface area contributed by atoms with Crippen LogP contribution in [0.5, 0.6) is 0 Å². The third-order valence-electron chi connectivity index (χ3n) is 7.09. The van der Waals surface area contributed by atoms with Crippen molar-refractivity contribution in [1.29, 1.82) is 0 Å². The predicted molar refractivity (Wildman–Crippen MR) is 113 cm³/mol. The van der Waals surface area contributed by atoms with Crippen molar-refractivity contribution < 1.29 is 0 Å². The normalized spacial score (nSPS) is 31.7. The Kier molecular flexibility index (Phi) is 5.90. The molecule has 1 nitrogen and oxygen atoms in total. The van der Waals surface area contributed by atoms with E-state index in [4.69, 9.17) is 5.73 Å². The number of aryl methyl sites for hydroxylation is 1. The molecule has 1 aromatic carbocycles. The molecule has 3 atom stereocenters. The summed E-state index contributed by atoms with van der Waals surface area (Å²) in [7, 11) is 0. The fourth-order valence-electron chi connectivity index (χ4n) is 5.67. The second-order valence-electron chi connectivity index (χ2n) is 9.28. The molecule has 0 amide bonds. The van der Waals surface area contributed by atoms with Gasteiger partial charge in [-0.25, -0.2) is 0 Å². The summed E-state index contributed by atoms with van der Waals surface area (Å²) < 4.78 is 0. The fraction of sp³-hybridized carbons (Fsp3) is 0.739. The maximum absolute atomic E-state index is 5.68. The minimum atomic E-state index is 0.379. The molecule has 2 aliphatic rings. The molecular formula is C23H37NS. The number of hydrogen-bond acceptors (Lipinski definition) is 2. The number of rotatable bonds is 6. The van der Waals surface area contributed by atoms with E-state index in [9.17, 15) is 0 Å². The molecule has 0 radical (unpaired) electrons. The van der Waals surface area contributed by atoms with E-state index < -0.39 is 0 Å². The van der Waals surface area contributed by atoms with Gasteiger partial charge in [-0.05, 0) is 89.5 Å². The Hall–Kier alpha value is -0.470. The summed E-state index contributed by atoms with van der Waals surface area (Å²) in [5.74, 6) is 4.00. The van der Waals surface area contributed by atoms with Gasteiger partial charge < -0.3 is 5.73 Å². The molecule has 0 saturated heterocycles. The molecule has 2 aliphatic carbocycles. The minimum absolute atomic E-state index is 0.379. The Labute approximate surface area is 159 Å². The number of benzene rings is 1. The van der Waals surface area contributed by atoms with E-state index in [0.29, 0.717) is 16.7 Å². The van der Waals surface area contributed by atoms with Gasteiger partial charge in [0.2, 0.25) is 0 Å². The van der Waals surface area contributed by atoms with Gasteiger partial charge in [-0.2, -0.15) is 11.8 Å². The van der Waals surface area contributed by atoms with E-state index in [-0.39, 0.29) is 0 Å². The van der Waals surface area contributed by atoms with Crippen LogP contribution in [0.3, 0.4) is 0 Å². The zero-order valence-corrected chi connectivity index (χ0v) is 17.6. The van der Waals surface area contributed by atoms with Gasteiger partial charge in [-0.15, -0.1) is 0 Å². The van der Waals surface area contributed by atoms with E-state index in [2.05, 4.69) is 57.7 Å². The van der Waals surface area contributed by atoms with Gasteiger partial charge in [-0.3, -0.25) is 0 Å². The summed E-state index contributed by atoms with van der Waals surface area (Å²) >= 11 is 2.15. The second kappa shape index (κ2) is 7.64. The monoisotopic (exact) mass is 359 g/mol. The van der Waals surface area contributed by atoms with Gasteiger partial charge in [0.25, 0.3) is 0 Å². The Bertz CT molecular complexity index is 596. The molecule has 0 aliphatic heterocycles. The Morgan fingerprint density at radius 2 is 2.04 bits per heavy atom. The van der Waals surface area contributed by atoms with Gasteiger partial charge in [0.05, 0.1) is 0 Å². The highest BCUT2D eigenvalue weighted by Crippen LogP contribution is 2.58. The predicted octanol–water partition coefficient (Wildman–Crippen LogP) is 5.90. The highest BCUT2D eigenvalue weighted by atomic mass is 32.2. The van der Waals surface area contributed by atoms with Crippen molar-refractivity contribution in [2.75, 3.05) is 18.1 Å². The zero-order chi connectivity index (χ0) is 18.1. The van der Waals surface area contributed by atoms with Crippen molar-refractivity contribution >= 4 is 11.8 Å². The van der Waals surface area contributed by atoms with Crippen LogP contribution < -0.4 is 5.73 Å². The average Bonchev–Trinajstić information content (AvgIpc) is 2.58. The fourth-order valence-corrected chi connectivity index (χ4v) is 6.99. The van der Waals surface area contributed by atoms with Gasteiger partial charge in [-0.1, -0.05) is 52.3 Å². The number of fused-ring (bicyclic) bond motifs is 3. The molecule has 1 aromatic rings. The van der Waals surface area contributed by atoms with E-state index in [0.717, 1.165) is 18.9 Å². The van der Waals surface area contributed by atoms with Crippen LogP contribution in [0, 0.1) is 11.3 Å². The lowest BCUT2D eigenvalue weighted by Crippen LogP contribution is -2.50. The molecule has 140 valence electrons. The summed E-state index contributed by atoms with van der Waals surface area (Å²) in [5.41, 5.74) is 11.4. The van der Waals surface area contributed by atoms with Crippen LogP contribution in [0.2, 0.25) is 0 Å². The van der Waals surface area contributed by atoms with Crippen LogP contribution in [0.25, 0.3) is 0 Å². The molecular weight excluding hydrogens is 322 g/mol. The third-order valence-corrected chi connectivity index (χ3v) is 8.53. The largest absolute Gasteiger partial charge is 0.330 e. The lowest BCUT2D eigenvalue weighted by atomic mass is 9.50. The summed E-state index contributed by atoms with van der Waals surface area (Å²) in [6.07, 6.45) is 7.96. The number of hydrogen-bond donors (Lipinski definition) is 1. The Morgan fingerprint density at radius 1 is 1.24 bits per heavy atom. The van der Waals surface area contributed by atoms with Crippen LogP contribution in [-0.4, -0.2) is 18.1 Å². The van der Waals surface area contributed by atoms with Crippen LogP contribution in [0.1, 0.15) is 82.4 Å². The van der Waals surface area contributed by atoms with Gasteiger partial charge in [0, 0.05) is 0 Å². The van der Waals surface area contributed by atoms with E-state index in [1.807, 2.05) is 0 Å². The van der Waals surface area contributed by atoms with Crippen LogP contribution in [-0.2, 0) is 11.8 Å². The lowest BCUT2D eigenvalue weighted by Gasteiger charge is -2.55. The minimum Gasteiger partial charge on any atom is -0.330 e. The molecule has 0 aromatic heterocycles. The average molecular weight is 360 g/mol. The van der Waals surface area contributed by atoms with Crippen molar-refractivity contribution in [2.45, 2.75) is 77.6 Å². The molecule has 25 heavy (non-hydrogen) atoms. The molecule has 1 unspecified atom stereocenters. The molecule has 0 heterocycles. The lowest BCUT2D eigenvalue weighted by molar-refractivity contribution is 0.0445. The zero-order valence-electron chi connectivity index (χ0n) is 16.7. The van der Waals surface area contributed by atoms with E-state index in [1.54, 1.807) is 11.1 Å². The summed E-state index contributed by atoms with van der Waals surface area (Å²) in [6, 6.07) is 7.41. The molecule has 3 rings (SSSR count). The van der Waals surface area contributed by atoms with Gasteiger partial charge in [0.15, 0.2) is 0 Å². The van der Waals surface area contributed by atoms with Crippen molar-refractivity contribution in [3.8, 4) is 0 Å². The smallest absolute Gasteiger partial charge is 0.00105 e. The summed E-state index contributed by atoms with van der Waals surface area (Å²) in [4.78, 5) is 0. The third kappa shape index (κ3) is 3.67. The molecule has 2 N–H and O–H groups in total. The van der Waals surface area contributed by atoms with Crippen LogP contribution >= 0.6 is 11.8 Å². The molecule has 1 saturated carbocycles. The van der Waals surface area contributed by atoms with E-state index in [1.165, 1.54) is 49.2 Å². The standard InChI is InChI=1S/C23H37NS/c1-17(2)18-7-9-20-19(15-18)8-10-21-22(3,16-25-14-6-13-24)11-5-12-23(20,21)4/h7,9,15,17,21H,5-6,8,10-14,16,24H2,1-4H3/t21?,22-,23-/m1/s1. The molecule has 0 bridgehead atoms. The Morgan fingerprint density at radius 3 is 2.76 bits per heavy atom. The van der Waals surface area contributed by atoms with Crippen molar-refractivity contribution in [3.63, 3.8) is 0 Å². The Balaban J connectivity index is 1.85. The van der Waals surface area contributed by atoms with Crippen LogP contribution in [0.15, 0.2) is 18.2 Å². The van der Waals surface area contributed by atoms with Crippen molar-refractivity contribution in [3.05, 3.63) is 34.9 Å². The summed E-state index contributed by atoms with van der Waals surface area (Å²) in [6.45, 7) is 10.6. The van der Waals surface area contributed by atoms with Crippen molar-refractivity contribution in [1.82, 2.24) is 0 Å². The topological polar surface area (TPSA) is 26.0 Å². The SMILES string of the molecule is CC(C)c1ccc2c(c1)CCC1[C@@](C)(CSCCCN)CCC[C@]21C. The van der Waals surface area contributed by atoms with Crippen LogP contribution in [0.4, 0.5) is 0 Å². The van der Waals surface area contributed by atoms with Gasteiger partial charge in [0.1, 0.15) is 0 Å². The number of thioether (sulfide) groups is 1. The maximum Gasteiger partial charge on any atom is -0.00105 e. The first-order valence-corrected chi connectivity index (χ1v) is 11.5. The number of nitrogens with two attached hydrogens (primary N) is 1. The van der Waals surface area contributed by atoms with Crippen molar-refractivity contribution in [2.24, 2.45) is 17.1 Å².